The van der Waals surface area contributed by atoms with Gasteiger partial charge >= 0.3 is 0 Å². The van der Waals surface area contributed by atoms with Gasteiger partial charge in [0.15, 0.2) is 0 Å². The minimum Gasteiger partial charge on any atom is -0.329 e. The van der Waals surface area contributed by atoms with Crippen molar-refractivity contribution in [1.82, 2.24) is 5.43 Å². The van der Waals surface area contributed by atoms with Gasteiger partial charge in [-0.1, -0.05) is 0 Å². The van der Waals surface area contributed by atoms with Crippen LogP contribution in [0.5, 0.6) is 0 Å². The molecule has 5 N–H and O–H groups in total. The van der Waals surface area contributed by atoms with Crippen LogP contribution in [0.1, 0.15) is 13.8 Å². The van der Waals surface area contributed by atoms with E-state index in [2.05, 4.69) is 5.43 Å². The van der Waals surface area contributed by atoms with Crippen molar-refractivity contribution in [3.05, 3.63) is 0 Å². The average Bonchev–Trinajstić information content (AvgIpc) is 1.68. The molecule has 0 aliphatic carbocycles. The Morgan fingerprint density at radius 3 is 2.00 bits per heavy atom. The maximum Gasteiger partial charge on any atom is 0.0387 e. The van der Waals surface area contributed by atoms with Gasteiger partial charge in [0, 0.05) is 12.1 Å². The minimum atomic E-state index is -0.111. The van der Waals surface area contributed by atoms with Crippen molar-refractivity contribution in [3.63, 3.8) is 0 Å². The Labute approximate surface area is 44.0 Å². The summed E-state index contributed by atoms with van der Waals surface area (Å²) in [4.78, 5) is 0. The van der Waals surface area contributed by atoms with Gasteiger partial charge in [-0.15, -0.1) is 0 Å². The molecule has 0 heterocycles. The number of nitrogens with one attached hydrogen (secondary N) is 1. The third kappa shape index (κ3) is 2.56. The average molecular weight is 103 g/mol. The fourth-order valence-electron chi connectivity index (χ4n) is 0.0589. The third-order valence-electron chi connectivity index (χ3n) is 0.901. The lowest BCUT2D eigenvalue weighted by Gasteiger charge is -2.19. The Hall–Kier alpha value is -0.120. The van der Waals surface area contributed by atoms with E-state index in [1.54, 1.807) is 0 Å². The van der Waals surface area contributed by atoms with Gasteiger partial charge in [0.25, 0.3) is 0 Å². The van der Waals surface area contributed by atoms with Crippen LogP contribution in [0.15, 0.2) is 0 Å². The molecule has 0 saturated heterocycles. The Balaban J connectivity index is 3.36. The Kier molecular flexibility index (Phi) is 2.22. The number of nitrogens with two attached hydrogens (primary N) is 2. The van der Waals surface area contributed by atoms with Gasteiger partial charge in [-0.05, 0) is 13.8 Å². The quantitative estimate of drug-likeness (QED) is 0.316. The van der Waals surface area contributed by atoms with Crippen LogP contribution in [0.25, 0.3) is 0 Å². The number of rotatable bonds is 2. The first-order chi connectivity index (χ1) is 3.12. The van der Waals surface area contributed by atoms with E-state index >= 15 is 0 Å². The molecular weight excluding hydrogens is 90.1 g/mol. The van der Waals surface area contributed by atoms with Crippen LogP contribution in [-0.4, -0.2) is 12.1 Å². The highest BCUT2D eigenvalue weighted by Gasteiger charge is 2.10. The standard InChI is InChI=1S/C4H13N3/c1-4(2,3-5)7-6/h7H,3,5-6H2,1-2H3. The lowest BCUT2D eigenvalue weighted by molar-refractivity contribution is 0.409. The second kappa shape index (κ2) is 2.26. The molecule has 0 spiro atoms. The SMILES string of the molecule is CC(C)(CN)NN. The second-order valence-corrected chi connectivity index (χ2v) is 2.23. The number of hydrogen-bond acceptors (Lipinski definition) is 3. The fourth-order valence-corrected chi connectivity index (χ4v) is 0.0589. The molecule has 44 valence electrons. The van der Waals surface area contributed by atoms with Gasteiger partial charge in [0.2, 0.25) is 0 Å². The van der Waals surface area contributed by atoms with Gasteiger partial charge in [-0.3, -0.25) is 11.3 Å². The Morgan fingerprint density at radius 1 is 1.57 bits per heavy atom. The van der Waals surface area contributed by atoms with Crippen molar-refractivity contribution < 1.29 is 0 Å². The van der Waals surface area contributed by atoms with E-state index in [4.69, 9.17) is 11.6 Å². The smallest absolute Gasteiger partial charge is 0.0387 e. The molecule has 0 aromatic carbocycles. The second-order valence-electron chi connectivity index (χ2n) is 2.23. The van der Waals surface area contributed by atoms with Crippen LogP contribution in [0.3, 0.4) is 0 Å². The van der Waals surface area contributed by atoms with Gasteiger partial charge in [-0.2, -0.15) is 0 Å². The van der Waals surface area contributed by atoms with E-state index < -0.39 is 0 Å². The van der Waals surface area contributed by atoms with Crippen LogP contribution in [-0.2, 0) is 0 Å². The molecule has 0 aromatic heterocycles. The molecule has 7 heavy (non-hydrogen) atoms. The van der Waals surface area contributed by atoms with Gasteiger partial charge < -0.3 is 5.73 Å². The first kappa shape index (κ1) is 6.88. The van der Waals surface area contributed by atoms with Crippen LogP contribution in [0.4, 0.5) is 0 Å². The summed E-state index contributed by atoms with van der Waals surface area (Å²) in [6.07, 6.45) is 0. The van der Waals surface area contributed by atoms with Crippen molar-refractivity contribution >= 4 is 0 Å². The highest BCUT2D eigenvalue weighted by atomic mass is 15.3. The molecule has 0 bridgehead atoms. The van der Waals surface area contributed by atoms with Crippen LogP contribution in [0.2, 0.25) is 0 Å². The molecule has 0 saturated carbocycles. The summed E-state index contributed by atoms with van der Waals surface area (Å²) < 4.78 is 0. The molecule has 0 unspecified atom stereocenters. The summed E-state index contributed by atoms with van der Waals surface area (Å²) in [5.41, 5.74) is 7.73. The molecule has 0 atom stereocenters. The van der Waals surface area contributed by atoms with E-state index in [0.717, 1.165) is 0 Å². The molecule has 0 aliphatic rings. The zero-order valence-electron chi connectivity index (χ0n) is 4.86. The predicted octanol–water partition coefficient (Wildman–Crippen LogP) is -0.813. The van der Waals surface area contributed by atoms with Crippen molar-refractivity contribution in [3.8, 4) is 0 Å². The summed E-state index contributed by atoms with van der Waals surface area (Å²) in [7, 11) is 0. The van der Waals surface area contributed by atoms with E-state index in [1.807, 2.05) is 13.8 Å². The van der Waals surface area contributed by atoms with E-state index in [-0.39, 0.29) is 5.54 Å². The van der Waals surface area contributed by atoms with Crippen LogP contribution >= 0.6 is 0 Å². The topological polar surface area (TPSA) is 64.1 Å². The van der Waals surface area contributed by atoms with Crippen molar-refractivity contribution in [2.45, 2.75) is 19.4 Å². The van der Waals surface area contributed by atoms with E-state index in [0.29, 0.717) is 6.54 Å². The molecule has 0 amide bonds. The molecule has 0 radical (unpaired) electrons. The lowest BCUT2D eigenvalue weighted by atomic mass is 10.1. The molecule has 3 nitrogen and oxygen atoms in total. The molecule has 0 aliphatic heterocycles. The summed E-state index contributed by atoms with van der Waals surface area (Å²) in [6.45, 7) is 4.43. The van der Waals surface area contributed by atoms with Crippen molar-refractivity contribution in [2.75, 3.05) is 6.54 Å². The predicted molar refractivity (Wildman–Crippen MR) is 30.5 cm³/mol. The summed E-state index contributed by atoms with van der Waals surface area (Å²) in [6, 6.07) is 0. The monoisotopic (exact) mass is 103 g/mol. The first-order valence-electron chi connectivity index (χ1n) is 2.30. The van der Waals surface area contributed by atoms with Crippen molar-refractivity contribution in [1.29, 1.82) is 0 Å². The summed E-state index contributed by atoms with van der Waals surface area (Å²) >= 11 is 0. The summed E-state index contributed by atoms with van der Waals surface area (Å²) in [5.74, 6) is 5.09. The largest absolute Gasteiger partial charge is 0.329 e. The van der Waals surface area contributed by atoms with Gasteiger partial charge in [0.05, 0.1) is 0 Å². The Morgan fingerprint density at radius 2 is 2.00 bits per heavy atom. The lowest BCUT2D eigenvalue weighted by Crippen LogP contribution is -2.49. The molecule has 0 rings (SSSR count). The Bertz CT molecular complexity index is 44.9. The normalized spacial score (nSPS) is 12.0. The zero-order chi connectivity index (χ0) is 5.91. The van der Waals surface area contributed by atoms with Gasteiger partial charge in [-0.25, -0.2) is 0 Å². The highest BCUT2D eigenvalue weighted by molar-refractivity contribution is 4.73. The van der Waals surface area contributed by atoms with Gasteiger partial charge in [0.1, 0.15) is 0 Å². The molecular formula is C4H13N3. The molecule has 0 aromatic rings. The molecule has 3 heteroatoms. The van der Waals surface area contributed by atoms with Crippen LogP contribution < -0.4 is 17.0 Å². The van der Waals surface area contributed by atoms with E-state index in [1.165, 1.54) is 0 Å². The van der Waals surface area contributed by atoms with Crippen molar-refractivity contribution in [2.24, 2.45) is 11.6 Å². The zero-order valence-corrected chi connectivity index (χ0v) is 4.86. The maximum atomic E-state index is 5.27. The van der Waals surface area contributed by atoms with E-state index in [9.17, 15) is 0 Å². The van der Waals surface area contributed by atoms with Crippen LogP contribution in [0, 0.1) is 0 Å². The highest BCUT2D eigenvalue weighted by Crippen LogP contribution is 1.92. The first-order valence-corrected chi connectivity index (χ1v) is 2.30. The minimum absolute atomic E-state index is 0.111. The summed E-state index contributed by atoms with van der Waals surface area (Å²) in [5, 5.41) is 0. The number of hydrogen-bond donors (Lipinski definition) is 3. The maximum absolute atomic E-state index is 5.27. The fraction of sp³-hybridized carbons (Fsp3) is 1.00. The third-order valence-corrected chi connectivity index (χ3v) is 0.901. The molecule has 0 fully saturated rings. The number of hydrazine groups is 1.